The van der Waals surface area contributed by atoms with Crippen molar-refractivity contribution in [3.8, 4) is 17.0 Å². The minimum absolute atomic E-state index is 0.0233. The number of likely N-dealkylation sites (tertiary alicyclic amines) is 1. The van der Waals surface area contributed by atoms with E-state index < -0.39 is 21.2 Å². The minimum Gasteiger partial charge on any atom is -0.497 e. The lowest BCUT2D eigenvalue weighted by Crippen LogP contribution is -2.42. The molecule has 2 amide bonds. The van der Waals surface area contributed by atoms with E-state index in [2.05, 4.69) is 27.5 Å². The van der Waals surface area contributed by atoms with Crippen molar-refractivity contribution in [2.75, 3.05) is 20.3 Å². The second kappa shape index (κ2) is 13.2. The first-order valence-electron chi connectivity index (χ1n) is 18.6. The van der Waals surface area contributed by atoms with Gasteiger partial charge >= 0.3 is 0 Å². The highest BCUT2D eigenvalue weighted by atomic mass is 32.2. The summed E-state index contributed by atoms with van der Waals surface area (Å²) in [5, 5.41) is 5.21. The van der Waals surface area contributed by atoms with Crippen molar-refractivity contribution >= 4 is 44.4 Å². The fourth-order valence-electron chi connectivity index (χ4n) is 8.82. The highest BCUT2D eigenvalue weighted by Gasteiger charge is 2.43. The van der Waals surface area contributed by atoms with E-state index >= 15 is 0 Å². The quantitative estimate of drug-likeness (QED) is 0.219. The number of ether oxygens (including phenoxy) is 2. The number of methoxy groups -OCH3 is 1. The van der Waals surface area contributed by atoms with E-state index in [1.54, 1.807) is 27.0 Å². The molecule has 1 aliphatic carbocycles. The van der Waals surface area contributed by atoms with Crippen LogP contribution in [-0.4, -0.2) is 77.1 Å². The zero-order valence-corrected chi connectivity index (χ0v) is 31.4. The summed E-state index contributed by atoms with van der Waals surface area (Å²) in [5.41, 5.74) is 8.47. The number of allylic oxidation sites excluding steroid dienone is 1. The van der Waals surface area contributed by atoms with Gasteiger partial charge in [-0.1, -0.05) is 25.3 Å². The van der Waals surface area contributed by atoms with Crippen LogP contribution in [0.3, 0.4) is 0 Å². The molecular weight excluding hydrogens is 679 g/mol. The van der Waals surface area contributed by atoms with Crippen LogP contribution in [0.15, 0.2) is 36.4 Å². The van der Waals surface area contributed by atoms with Gasteiger partial charge in [-0.05, 0) is 106 Å². The summed E-state index contributed by atoms with van der Waals surface area (Å²) in [7, 11) is -2.17. The molecule has 274 valence electrons. The number of nitrogens with one attached hydrogen (secondary N) is 1. The molecular formula is C40H47N5O6S. The second-order valence-electron chi connectivity index (χ2n) is 15.0. The molecule has 2 saturated heterocycles. The molecule has 4 aliphatic rings. The highest BCUT2D eigenvalue weighted by molar-refractivity contribution is 7.90. The Morgan fingerprint density at radius 2 is 1.87 bits per heavy atom. The number of aryl methyl sites for hydroxylation is 2. The van der Waals surface area contributed by atoms with Gasteiger partial charge in [-0.2, -0.15) is 5.10 Å². The first-order chi connectivity index (χ1) is 25.0. The largest absolute Gasteiger partial charge is 0.497 e. The molecule has 2 aromatic carbocycles. The summed E-state index contributed by atoms with van der Waals surface area (Å²) in [6.45, 7) is 9.16. The molecule has 3 fully saturated rings. The molecule has 8 rings (SSSR count). The third-order valence-electron chi connectivity index (χ3n) is 11.5. The van der Waals surface area contributed by atoms with Gasteiger partial charge in [0.25, 0.3) is 11.8 Å². The number of morpholine rings is 1. The van der Waals surface area contributed by atoms with E-state index in [9.17, 15) is 18.0 Å². The SMILES string of the molecule is CCn1nc(C)c(C(=O)N2C[C@@H]3C[C@H]2CO3)c1C1=Cc2cc(OC)ccc2-c2c(C3CCCCC3)c3ccc(C(=O)NS(=O)(=O)C(C)C)cc3n2C1. The number of fused-ring (bicyclic) bond motifs is 7. The van der Waals surface area contributed by atoms with E-state index in [1.807, 2.05) is 41.6 Å². The summed E-state index contributed by atoms with van der Waals surface area (Å²) in [6.07, 6.45) is 8.73. The molecule has 1 saturated carbocycles. The normalized spacial score (nSPS) is 20.2. The highest BCUT2D eigenvalue weighted by Crippen LogP contribution is 2.48. The molecule has 2 aromatic heterocycles. The van der Waals surface area contributed by atoms with Crippen LogP contribution < -0.4 is 9.46 Å². The van der Waals surface area contributed by atoms with Gasteiger partial charge in [-0.3, -0.25) is 14.3 Å². The number of benzene rings is 2. The van der Waals surface area contributed by atoms with Gasteiger partial charge in [-0.15, -0.1) is 0 Å². The smallest absolute Gasteiger partial charge is 0.264 e. The summed E-state index contributed by atoms with van der Waals surface area (Å²) >= 11 is 0. The third kappa shape index (κ3) is 5.74. The molecule has 3 aliphatic heterocycles. The van der Waals surface area contributed by atoms with Crippen molar-refractivity contribution in [1.82, 2.24) is 24.0 Å². The van der Waals surface area contributed by atoms with Crippen LogP contribution in [0.4, 0.5) is 0 Å². The first-order valence-corrected chi connectivity index (χ1v) is 20.1. The number of carbonyl (C=O) groups is 2. The van der Waals surface area contributed by atoms with E-state index in [-0.39, 0.29) is 23.6 Å². The van der Waals surface area contributed by atoms with Crippen LogP contribution in [0.25, 0.3) is 33.8 Å². The molecule has 2 bridgehead atoms. The fraction of sp³-hybridized carbons (Fsp3) is 0.475. The molecule has 0 unspecified atom stereocenters. The maximum Gasteiger partial charge on any atom is 0.264 e. The molecule has 5 heterocycles. The lowest BCUT2D eigenvalue weighted by molar-refractivity contribution is 0.0258. The van der Waals surface area contributed by atoms with E-state index in [1.165, 1.54) is 12.0 Å². The maximum atomic E-state index is 14.5. The summed E-state index contributed by atoms with van der Waals surface area (Å²) in [5.74, 6) is 0.368. The van der Waals surface area contributed by atoms with Crippen molar-refractivity contribution in [2.45, 2.75) is 103 Å². The number of hydrogen-bond acceptors (Lipinski definition) is 7. The van der Waals surface area contributed by atoms with Gasteiger partial charge in [0.05, 0.1) is 60.3 Å². The van der Waals surface area contributed by atoms with Gasteiger partial charge in [0.2, 0.25) is 10.0 Å². The van der Waals surface area contributed by atoms with Crippen molar-refractivity contribution < 1.29 is 27.5 Å². The number of aromatic nitrogens is 3. The summed E-state index contributed by atoms with van der Waals surface area (Å²) in [4.78, 5) is 30.0. The van der Waals surface area contributed by atoms with Gasteiger partial charge in [0.1, 0.15) is 5.75 Å². The first kappa shape index (κ1) is 34.7. The van der Waals surface area contributed by atoms with Gasteiger partial charge < -0.3 is 18.9 Å². The number of carbonyl (C=O) groups excluding carboxylic acids is 2. The zero-order valence-electron chi connectivity index (χ0n) is 30.6. The molecule has 2 atom stereocenters. The lowest BCUT2D eigenvalue weighted by atomic mass is 9.81. The van der Waals surface area contributed by atoms with Crippen LogP contribution in [0.1, 0.15) is 108 Å². The predicted molar refractivity (Wildman–Crippen MR) is 201 cm³/mol. The van der Waals surface area contributed by atoms with E-state index in [0.29, 0.717) is 43.4 Å². The van der Waals surface area contributed by atoms with E-state index in [4.69, 9.17) is 14.6 Å². The number of amides is 2. The third-order valence-corrected chi connectivity index (χ3v) is 13.2. The second-order valence-corrected chi connectivity index (χ2v) is 17.2. The van der Waals surface area contributed by atoms with E-state index in [0.717, 1.165) is 76.8 Å². The van der Waals surface area contributed by atoms with Crippen molar-refractivity contribution in [3.63, 3.8) is 0 Å². The number of sulfonamides is 1. The average molecular weight is 726 g/mol. The Morgan fingerprint density at radius 1 is 1.08 bits per heavy atom. The topological polar surface area (TPSA) is 125 Å². The average Bonchev–Trinajstić information content (AvgIpc) is 3.90. The molecule has 0 spiro atoms. The van der Waals surface area contributed by atoms with Crippen molar-refractivity contribution in [3.05, 3.63) is 70.0 Å². The molecule has 1 N–H and O–H groups in total. The number of nitrogens with zero attached hydrogens (tertiary/aromatic N) is 4. The monoisotopic (exact) mass is 725 g/mol. The Labute approximate surface area is 305 Å². The van der Waals surface area contributed by atoms with Gasteiger partial charge in [0.15, 0.2) is 0 Å². The Morgan fingerprint density at radius 3 is 2.54 bits per heavy atom. The van der Waals surface area contributed by atoms with Crippen LogP contribution in [0.5, 0.6) is 5.75 Å². The van der Waals surface area contributed by atoms with Crippen LogP contribution in [0, 0.1) is 6.92 Å². The van der Waals surface area contributed by atoms with Crippen LogP contribution >= 0.6 is 0 Å². The van der Waals surface area contributed by atoms with Gasteiger partial charge in [0, 0.05) is 35.1 Å². The summed E-state index contributed by atoms with van der Waals surface area (Å²) in [6, 6.07) is 11.8. The maximum absolute atomic E-state index is 14.5. The Bertz CT molecular complexity index is 2240. The zero-order chi connectivity index (χ0) is 36.5. The van der Waals surface area contributed by atoms with Crippen LogP contribution in [0.2, 0.25) is 0 Å². The van der Waals surface area contributed by atoms with Gasteiger partial charge in [-0.25, -0.2) is 13.1 Å². The Hall–Kier alpha value is -4.42. The fourth-order valence-corrected chi connectivity index (χ4v) is 9.43. The van der Waals surface area contributed by atoms with Crippen molar-refractivity contribution in [1.29, 1.82) is 0 Å². The molecule has 11 nitrogen and oxygen atoms in total. The molecule has 12 heteroatoms. The predicted octanol–water partition coefficient (Wildman–Crippen LogP) is 6.52. The lowest BCUT2D eigenvalue weighted by Gasteiger charge is -2.27. The number of hydrogen-bond donors (Lipinski definition) is 1. The molecule has 0 radical (unpaired) electrons. The Kier molecular flexibility index (Phi) is 8.81. The standard InChI is InChI=1S/C40H47N5O6S/c1-6-45-37(35(24(4)41-45)40(47)43-21-31-19-29(43)22-51-31)28-16-27-17-30(50-5)13-15-32(27)38-36(25-10-8-7-9-11-25)33-14-12-26(18-34(33)44(38)20-28)39(46)42-52(48,49)23(2)3/h12-18,23,25,29,31H,6-11,19-22H2,1-5H3,(H,42,46)/t29-,31-/m0/s1. The molecule has 52 heavy (non-hydrogen) atoms. The van der Waals surface area contributed by atoms with Crippen molar-refractivity contribution in [2.24, 2.45) is 0 Å². The minimum atomic E-state index is -3.83. The summed E-state index contributed by atoms with van der Waals surface area (Å²) < 4.78 is 43.6. The Balaban J connectivity index is 1.35. The molecule has 4 aromatic rings. The van der Waals surface area contributed by atoms with Crippen LogP contribution in [-0.2, 0) is 27.8 Å². The number of rotatable bonds is 8.